The Morgan fingerprint density at radius 3 is 2.24 bits per heavy atom. The highest BCUT2D eigenvalue weighted by Crippen LogP contribution is 2.26. The van der Waals surface area contributed by atoms with Crippen molar-refractivity contribution in [2.24, 2.45) is 11.8 Å². The van der Waals surface area contributed by atoms with E-state index in [1.807, 2.05) is 24.3 Å². The molecule has 0 atom stereocenters. The molecular formula is C26H30FN3O3. The number of halogens is 1. The van der Waals surface area contributed by atoms with Gasteiger partial charge in [-0.15, -0.1) is 0 Å². The molecule has 1 saturated heterocycles. The van der Waals surface area contributed by atoms with Crippen molar-refractivity contribution in [1.82, 2.24) is 10.2 Å². The number of likely N-dealkylation sites (tertiary alicyclic amines) is 1. The molecule has 0 radical (unpaired) electrons. The van der Waals surface area contributed by atoms with Crippen LogP contribution in [-0.4, -0.2) is 35.7 Å². The van der Waals surface area contributed by atoms with E-state index in [4.69, 9.17) is 0 Å². The van der Waals surface area contributed by atoms with Crippen LogP contribution in [0, 0.1) is 17.7 Å². The van der Waals surface area contributed by atoms with Crippen molar-refractivity contribution >= 4 is 23.4 Å². The van der Waals surface area contributed by atoms with Gasteiger partial charge < -0.3 is 15.5 Å². The standard InChI is InChI=1S/C26H30FN3O3/c27-22-10-8-21(9-11-22)26(33)30-14-12-20(13-15-30)24(31)28-17-18-4-3-7-23(16-18)29-25(32)19-5-1-2-6-19/h3-4,7-11,16,19-20H,1-2,5-6,12-15,17H2,(H,28,31)(H,29,32). The van der Waals surface area contributed by atoms with Gasteiger partial charge in [0.05, 0.1) is 0 Å². The SMILES string of the molecule is O=C(NCc1cccc(NC(=O)C2CCCC2)c1)C1CCN(C(=O)c2ccc(F)cc2)CC1. The zero-order valence-corrected chi connectivity index (χ0v) is 18.7. The summed E-state index contributed by atoms with van der Waals surface area (Å²) in [6.45, 7) is 1.38. The molecule has 0 spiro atoms. The van der Waals surface area contributed by atoms with E-state index in [-0.39, 0.29) is 35.4 Å². The minimum atomic E-state index is -0.372. The van der Waals surface area contributed by atoms with Crippen molar-refractivity contribution in [1.29, 1.82) is 0 Å². The molecule has 2 fully saturated rings. The zero-order valence-electron chi connectivity index (χ0n) is 18.7. The number of carbonyl (C=O) groups is 3. The molecule has 0 aromatic heterocycles. The van der Waals surface area contributed by atoms with Gasteiger partial charge in [-0.25, -0.2) is 4.39 Å². The Morgan fingerprint density at radius 2 is 1.55 bits per heavy atom. The second-order valence-corrected chi connectivity index (χ2v) is 8.96. The zero-order chi connectivity index (χ0) is 23.2. The summed E-state index contributed by atoms with van der Waals surface area (Å²) in [4.78, 5) is 39.3. The highest BCUT2D eigenvalue weighted by atomic mass is 19.1. The van der Waals surface area contributed by atoms with E-state index in [0.29, 0.717) is 38.0 Å². The lowest BCUT2D eigenvalue weighted by atomic mass is 9.95. The first-order valence-corrected chi connectivity index (χ1v) is 11.7. The first-order chi connectivity index (χ1) is 16.0. The molecular weight excluding hydrogens is 421 g/mol. The number of hydrogen-bond acceptors (Lipinski definition) is 3. The van der Waals surface area contributed by atoms with Gasteiger partial charge in [0.1, 0.15) is 5.82 Å². The van der Waals surface area contributed by atoms with Gasteiger partial charge in [-0.3, -0.25) is 14.4 Å². The summed E-state index contributed by atoms with van der Waals surface area (Å²) in [6, 6.07) is 13.1. The molecule has 1 heterocycles. The molecule has 2 aromatic rings. The van der Waals surface area contributed by atoms with Crippen LogP contribution < -0.4 is 10.6 Å². The van der Waals surface area contributed by atoms with Crippen molar-refractivity contribution in [3.8, 4) is 0 Å². The van der Waals surface area contributed by atoms with Crippen LogP contribution >= 0.6 is 0 Å². The van der Waals surface area contributed by atoms with Crippen molar-refractivity contribution in [3.05, 3.63) is 65.5 Å². The molecule has 2 aliphatic rings. The Balaban J connectivity index is 1.24. The predicted molar refractivity (Wildman–Crippen MR) is 124 cm³/mol. The van der Waals surface area contributed by atoms with Crippen molar-refractivity contribution in [2.75, 3.05) is 18.4 Å². The van der Waals surface area contributed by atoms with Crippen LogP contribution in [0.3, 0.4) is 0 Å². The van der Waals surface area contributed by atoms with E-state index < -0.39 is 0 Å². The Hall–Kier alpha value is -3.22. The van der Waals surface area contributed by atoms with Crippen molar-refractivity contribution in [2.45, 2.75) is 45.1 Å². The quantitative estimate of drug-likeness (QED) is 0.693. The number of hydrogen-bond donors (Lipinski definition) is 2. The maximum absolute atomic E-state index is 13.1. The highest BCUT2D eigenvalue weighted by Gasteiger charge is 2.28. The molecule has 0 unspecified atom stereocenters. The number of piperidine rings is 1. The summed E-state index contributed by atoms with van der Waals surface area (Å²) in [7, 11) is 0. The second kappa shape index (κ2) is 10.6. The first-order valence-electron chi connectivity index (χ1n) is 11.7. The van der Waals surface area contributed by atoms with Crippen LogP contribution in [0.1, 0.15) is 54.4 Å². The lowest BCUT2D eigenvalue weighted by molar-refractivity contribution is -0.126. The number of rotatable bonds is 6. The number of nitrogens with one attached hydrogen (secondary N) is 2. The fourth-order valence-corrected chi connectivity index (χ4v) is 4.64. The first kappa shape index (κ1) is 23.0. The lowest BCUT2D eigenvalue weighted by Gasteiger charge is -2.31. The van der Waals surface area contributed by atoms with E-state index in [1.54, 1.807) is 4.90 Å². The maximum Gasteiger partial charge on any atom is 0.253 e. The van der Waals surface area contributed by atoms with Gasteiger partial charge in [-0.1, -0.05) is 25.0 Å². The average molecular weight is 452 g/mol. The molecule has 1 saturated carbocycles. The van der Waals surface area contributed by atoms with Gasteiger partial charge in [0, 0.05) is 42.7 Å². The topological polar surface area (TPSA) is 78.5 Å². The fourth-order valence-electron chi connectivity index (χ4n) is 4.64. The van der Waals surface area contributed by atoms with Crippen molar-refractivity contribution in [3.63, 3.8) is 0 Å². The second-order valence-electron chi connectivity index (χ2n) is 8.96. The van der Waals surface area contributed by atoms with E-state index in [9.17, 15) is 18.8 Å². The Labute approximate surface area is 193 Å². The molecule has 7 heteroatoms. The number of nitrogens with zero attached hydrogens (tertiary/aromatic N) is 1. The molecule has 0 bridgehead atoms. The molecule has 2 N–H and O–H groups in total. The van der Waals surface area contributed by atoms with Crippen LogP contribution in [0.25, 0.3) is 0 Å². The largest absolute Gasteiger partial charge is 0.352 e. The minimum Gasteiger partial charge on any atom is -0.352 e. The molecule has 6 nitrogen and oxygen atoms in total. The predicted octanol–water partition coefficient (Wildman–Crippen LogP) is 4.12. The molecule has 33 heavy (non-hydrogen) atoms. The third kappa shape index (κ3) is 5.97. The van der Waals surface area contributed by atoms with Crippen LogP contribution in [0.5, 0.6) is 0 Å². The summed E-state index contributed by atoms with van der Waals surface area (Å²) in [5.74, 6) is -0.490. The fraction of sp³-hybridized carbons (Fsp3) is 0.423. The van der Waals surface area contributed by atoms with Gasteiger partial charge in [-0.05, 0) is 67.6 Å². The summed E-state index contributed by atoms with van der Waals surface area (Å²) >= 11 is 0. The van der Waals surface area contributed by atoms with E-state index in [1.165, 1.54) is 24.3 Å². The summed E-state index contributed by atoms with van der Waals surface area (Å²) in [5, 5.41) is 5.99. The van der Waals surface area contributed by atoms with Crippen LogP contribution in [0.15, 0.2) is 48.5 Å². The van der Waals surface area contributed by atoms with Gasteiger partial charge in [0.2, 0.25) is 11.8 Å². The normalized spacial score (nSPS) is 17.1. The lowest BCUT2D eigenvalue weighted by Crippen LogP contribution is -2.42. The monoisotopic (exact) mass is 451 g/mol. The molecule has 4 rings (SSSR count). The minimum absolute atomic E-state index is 0.0238. The van der Waals surface area contributed by atoms with Gasteiger partial charge >= 0.3 is 0 Å². The number of benzene rings is 2. The van der Waals surface area contributed by atoms with Crippen molar-refractivity contribution < 1.29 is 18.8 Å². The molecule has 2 aromatic carbocycles. The Morgan fingerprint density at radius 1 is 0.879 bits per heavy atom. The Bertz CT molecular complexity index is 994. The summed E-state index contributed by atoms with van der Waals surface area (Å²) in [6.07, 6.45) is 5.32. The molecule has 1 aliphatic carbocycles. The smallest absolute Gasteiger partial charge is 0.253 e. The van der Waals surface area contributed by atoms with Gasteiger partial charge in [0.25, 0.3) is 5.91 Å². The summed E-state index contributed by atoms with van der Waals surface area (Å²) in [5.41, 5.74) is 2.14. The average Bonchev–Trinajstić information content (AvgIpc) is 3.38. The van der Waals surface area contributed by atoms with E-state index in [0.717, 1.165) is 36.9 Å². The third-order valence-corrected chi connectivity index (χ3v) is 6.63. The third-order valence-electron chi connectivity index (χ3n) is 6.63. The number of anilines is 1. The van der Waals surface area contributed by atoms with Gasteiger partial charge in [-0.2, -0.15) is 0 Å². The van der Waals surface area contributed by atoms with Crippen LogP contribution in [-0.2, 0) is 16.1 Å². The van der Waals surface area contributed by atoms with Crippen LogP contribution in [0.2, 0.25) is 0 Å². The summed E-state index contributed by atoms with van der Waals surface area (Å²) < 4.78 is 13.1. The Kier molecular flexibility index (Phi) is 7.37. The molecule has 1 aliphatic heterocycles. The number of amides is 3. The van der Waals surface area contributed by atoms with Gasteiger partial charge in [0.15, 0.2) is 0 Å². The molecule has 3 amide bonds. The highest BCUT2D eigenvalue weighted by molar-refractivity contribution is 5.94. The van der Waals surface area contributed by atoms with Crippen LogP contribution in [0.4, 0.5) is 10.1 Å². The maximum atomic E-state index is 13.1. The van der Waals surface area contributed by atoms with E-state index >= 15 is 0 Å². The van der Waals surface area contributed by atoms with E-state index in [2.05, 4.69) is 10.6 Å². The molecule has 174 valence electrons. The number of carbonyl (C=O) groups excluding carboxylic acids is 3.